The van der Waals surface area contributed by atoms with Crippen molar-refractivity contribution < 1.29 is 22.7 Å². The second-order valence-corrected chi connectivity index (χ2v) is 4.69. The van der Waals surface area contributed by atoms with Crippen molar-refractivity contribution in [2.75, 3.05) is 6.61 Å². The Morgan fingerprint density at radius 1 is 1.35 bits per heavy atom. The number of esters is 1. The minimum atomic E-state index is -4.43. The summed E-state index contributed by atoms with van der Waals surface area (Å²) in [6.07, 6.45) is -4.43. The second-order valence-electron chi connectivity index (χ2n) is 3.71. The molecule has 1 aromatic carbocycles. The lowest BCUT2D eigenvalue weighted by molar-refractivity contribution is -0.137. The first-order valence-corrected chi connectivity index (χ1v) is 6.41. The zero-order valence-electron chi connectivity index (χ0n) is 10.3. The molecule has 0 unspecified atom stereocenters. The van der Waals surface area contributed by atoms with E-state index >= 15 is 0 Å². The Hall–Kier alpha value is -1.96. The van der Waals surface area contributed by atoms with Crippen LogP contribution in [0.3, 0.4) is 0 Å². The molecule has 0 spiro atoms. The van der Waals surface area contributed by atoms with E-state index in [0.29, 0.717) is 0 Å². The molecule has 20 heavy (non-hydrogen) atoms. The van der Waals surface area contributed by atoms with Gasteiger partial charge in [-0.25, -0.2) is 4.79 Å². The topological polar surface area (TPSA) is 52.1 Å². The minimum Gasteiger partial charge on any atom is -0.461 e. The van der Waals surface area contributed by atoms with E-state index in [9.17, 15) is 18.0 Å². The van der Waals surface area contributed by atoms with Gasteiger partial charge in [-0.3, -0.25) is 0 Å². The van der Waals surface area contributed by atoms with Crippen LogP contribution < -0.4 is 0 Å². The van der Waals surface area contributed by atoms with E-state index in [0.717, 1.165) is 23.5 Å². The summed E-state index contributed by atoms with van der Waals surface area (Å²) in [4.78, 5) is 11.4. The number of hydrogen-bond acceptors (Lipinski definition) is 5. The number of rotatable bonds is 3. The summed E-state index contributed by atoms with van der Waals surface area (Å²) in [6.45, 7) is 1.84. The van der Waals surface area contributed by atoms with E-state index in [1.807, 2.05) is 0 Å². The van der Waals surface area contributed by atoms with Crippen molar-refractivity contribution in [3.05, 3.63) is 34.8 Å². The Bertz CT molecular complexity index is 625. The molecule has 0 aliphatic heterocycles. The fourth-order valence-electron chi connectivity index (χ4n) is 1.44. The number of nitrogens with zero attached hydrogens (tertiary/aromatic N) is 2. The van der Waals surface area contributed by atoms with Crippen LogP contribution in [0.1, 0.15) is 22.3 Å². The van der Waals surface area contributed by atoms with Gasteiger partial charge in [0.2, 0.25) is 5.01 Å². The second kappa shape index (κ2) is 5.58. The average Bonchev–Trinajstić information content (AvgIpc) is 2.88. The van der Waals surface area contributed by atoms with Crippen LogP contribution in [0.2, 0.25) is 0 Å². The van der Waals surface area contributed by atoms with E-state index in [1.54, 1.807) is 6.92 Å². The summed E-state index contributed by atoms with van der Waals surface area (Å²) >= 11 is 0.889. The van der Waals surface area contributed by atoms with Gasteiger partial charge in [-0.1, -0.05) is 23.5 Å². The molecule has 2 rings (SSSR count). The van der Waals surface area contributed by atoms with E-state index in [2.05, 4.69) is 10.2 Å². The first-order chi connectivity index (χ1) is 9.41. The number of aromatic nitrogens is 2. The largest absolute Gasteiger partial charge is 0.461 e. The summed E-state index contributed by atoms with van der Waals surface area (Å²) in [5.74, 6) is -0.636. The summed E-state index contributed by atoms with van der Waals surface area (Å²) in [5, 5.41) is 7.58. The fourth-order valence-corrected chi connectivity index (χ4v) is 2.18. The Morgan fingerprint density at radius 2 is 2.10 bits per heavy atom. The molecule has 0 N–H and O–H groups in total. The molecule has 4 nitrogen and oxygen atoms in total. The molecular formula is C12H9F3N2O2S. The standard InChI is InChI=1S/C12H9F3N2O2S/c1-2-19-11(18)10-17-16-9(20-10)7-4-3-5-8(6-7)12(13,14)15/h3-6H,2H2,1H3. The first kappa shape index (κ1) is 14.4. The number of ether oxygens (including phenoxy) is 1. The highest BCUT2D eigenvalue weighted by Crippen LogP contribution is 2.32. The SMILES string of the molecule is CCOC(=O)c1nnc(-c2cccc(C(F)(F)F)c2)s1. The van der Waals surface area contributed by atoms with Crippen LogP contribution in [0.4, 0.5) is 13.2 Å². The highest BCUT2D eigenvalue weighted by molar-refractivity contribution is 7.16. The first-order valence-electron chi connectivity index (χ1n) is 5.60. The third-order valence-corrected chi connectivity index (χ3v) is 3.26. The lowest BCUT2D eigenvalue weighted by Crippen LogP contribution is -2.04. The fraction of sp³-hybridized carbons (Fsp3) is 0.250. The number of benzene rings is 1. The minimum absolute atomic E-state index is 0.0132. The van der Waals surface area contributed by atoms with Gasteiger partial charge < -0.3 is 4.74 Å². The predicted octanol–water partition coefficient (Wildman–Crippen LogP) is 3.40. The average molecular weight is 302 g/mol. The van der Waals surface area contributed by atoms with Crippen LogP contribution in [0.25, 0.3) is 10.6 Å². The number of hydrogen-bond donors (Lipinski definition) is 0. The monoisotopic (exact) mass is 302 g/mol. The molecule has 8 heteroatoms. The van der Waals surface area contributed by atoms with Gasteiger partial charge in [0, 0.05) is 5.56 Å². The smallest absolute Gasteiger partial charge is 0.416 e. The molecule has 0 saturated carbocycles. The molecule has 1 heterocycles. The Morgan fingerprint density at radius 3 is 2.75 bits per heavy atom. The molecule has 0 fully saturated rings. The van der Waals surface area contributed by atoms with Crippen LogP contribution in [0.15, 0.2) is 24.3 Å². The van der Waals surface area contributed by atoms with Gasteiger partial charge in [-0.2, -0.15) is 13.2 Å². The Labute approximate surface area is 116 Å². The van der Waals surface area contributed by atoms with Gasteiger partial charge in [0.15, 0.2) is 0 Å². The molecule has 1 aromatic heterocycles. The van der Waals surface area contributed by atoms with Gasteiger partial charge in [0.25, 0.3) is 0 Å². The third kappa shape index (κ3) is 3.13. The molecule has 0 bridgehead atoms. The van der Waals surface area contributed by atoms with Gasteiger partial charge in [-0.15, -0.1) is 10.2 Å². The molecule has 0 radical (unpaired) electrons. The van der Waals surface area contributed by atoms with E-state index in [-0.39, 0.29) is 22.2 Å². The van der Waals surface area contributed by atoms with E-state index in [4.69, 9.17) is 4.74 Å². The molecular weight excluding hydrogens is 293 g/mol. The van der Waals surface area contributed by atoms with E-state index in [1.165, 1.54) is 12.1 Å². The summed E-state index contributed by atoms with van der Waals surface area (Å²) in [6, 6.07) is 4.69. The Kier molecular flexibility index (Phi) is 4.03. The maximum atomic E-state index is 12.6. The number of halogens is 3. The van der Waals surface area contributed by atoms with Crippen LogP contribution in [-0.4, -0.2) is 22.8 Å². The number of carbonyl (C=O) groups is 1. The van der Waals surface area contributed by atoms with Crippen molar-refractivity contribution >= 4 is 17.3 Å². The van der Waals surface area contributed by atoms with Crippen molar-refractivity contribution in [3.8, 4) is 10.6 Å². The summed E-state index contributed by atoms with van der Waals surface area (Å²) in [7, 11) is 0. The van der Waals surface area contributed by atoms with Gasteiger partial charge in [0.05, 0.1) is 12.2 Å². The number of alkyl halides is 3. The van der Waals surface area contributed by atoms with Gasteiger partial charge >= 0.3 is 12.1 Å². The maximum absolute atomic E-state index is 12.6. The van der Waals surface area contributed by atoms with Crippen molar-refractivity contribution in [3.63, 3.8) is 0 Å². The van der Waals surface area contributed by atoms with Gasteiger partial charge in [0.1, 0.15) is 5.01 Å². The molecule has 106 valence electrons. The lowest BCUT2D eigenvalue weighted by Gasteiger charge is -2.06. The maximum Gasteiger partial charge on any atom is 0.416 e. The molecule has 0 aliphatic rings. The highest BCUT2D eigenvalue weighted by atomic mass is 32.1. The summed E-state index contributed by atoms with van der Waals surface area (Å²) in [5.41, 5.74) is -0.518. The normalized spacial score (nSPS) is 11.4. The van der Waals surface area contributed by atoms with Crippen LogP contribution in [0, 0.1) is 0 Å². The zero-order valence-corrected chi connectivity index (χ0v) is 11.1. The zero-order chi connectivity index (χ0) is 14.8. The lowest BCUT2D eigenvalue weighted by atomic mass is 10.1. The molecule has 2 aromatic rings. The molecule has 0 atom stereocenters. The Balaban J connectivity index is 2.31. The molecule has 0 aliphatic carbocycles. The van der Waals surface area contributed by atoms with Crippen molar-refractivity contribution in [2.24, 2.45) is 0 Å². The van der Waals surface area contributed by atoms with Gasteiger partial charge in [-0.05, 0) is 19.1 Å². The number of carbonyl (C=O) groups excluding carboxylic acids is 1. The van der Waals surface area contributed by atoms with Crippen LogP contribution >= 0.6 is 11.3 Å². The third-order valence-electron chi connectivity index (χ3n) is 2.31. The van der Waals surface area contributed by atoms with Crippen molar-refractivity contribution in [1.82, 2.24) is 10.2 Å². The van der Waals surface area contributed by atoms with Crippen molar-refractivity contribution in [1.29, 1.82) is 0 Å². The summed E-state index contributed by atoms with van der Waals surface area (Å²) < 4.78 is 42.6. The highest BCUT2D eigenvalue weighted by Gasteiger charge is 2.30. The van der Waals surface area contributed by atoms with Crippen molar-refractivity contribution in [2.45, 2.75) is 13.1 Å². The molecule has 0 amide bonds. The van der Waals surface area contributed by atoms with E-state index < -0.39 is 17.7 Å². The quantitative estimate of drug-likeness (QED) is 0.815. The van der Waals surface area contributed by atoms with Crippen LogP contribution in [0.5, 0.6) is 0 Å². The molecule has 0 saturated heterocycles. The van der Waals surface area contributed by atoms with Crippen LogP contribution in [-0.2, 0) is 10.9 Å². The predicted molar refractivity (Wildman–Crippen MR) is 66.3 cm³/mol.